The van der Waals surface area contributed by atoms with E-state index in [4.69, 9.17) is 0 Å². The minimum absolute atomic E-state index is 0.0149. The number of rotatable bonds is 7. The number of aromatic hydroxyl groups is 1. The zero-order valence-electron chi connectivity index (χ0n) is 20.1. The molecule has 4 rings (SSSR count). The van der Waals surface area contributed by atoms with E-state index in [1.807, 2.05) is 23.6 Å². The number of phenolic OH excluding ortho intramolecular Hbond substituents is 1. The molecule has 3 aromatic rings. The van der Waals surface area contributed by atoms with Crippen molar-refractivity contribution in [2.45, 2.75) is 51.5 Å². The smallest absolute Gasteiger partial charge is 0.323 e. The molecule has 0 amide bonds. The Morgan fingerprint density at radius 1 is 1.11 bits per heavy atom. The Kier molecular flexibility index (Phi) is 6.27. The van der Waals surface area contributed by atoms with Crippen LogP contribution in [0.5, 0.6) is 5.75 Å². The molecule has 1 aliphatic rings. The van der Waals surface area contributed by atoms with Crippen LogP contribution < -0.4 is 4.72 Å². The number of sulfonamides is 1. The van der Waals surface area contributed by atoms with Gasteiger partial charge in [0.1, 0.15) is 12.3 Å². The van der Waals surface area contributed by atoms with E-state index in [9.17, 15) is 23.4 Å². The van der Waals surface area contributed by atoms with Gasteiger partial charge < -0.3 is 14.8 Å². The SMILES string of the molecule is C=C1CC(C)(C)Cc2c1c(Cc1ccccc1NS(=O)(=O)c1ccc(O)cc1)c(C)n2CC(=O)O. The number of para-hydroxylation sites is 1. The third kappa shape index (κ3) is 4.98. The minimum atomic E-state index is -3.87. The fourth-order valence-electron chi connectivity index (χ4n) is 5.00. The van der Waals surface area contributed by atoms with Gasteiger partial charge in [-0.2, -0.15) is 0 Å². The van der Waals surface area contributed by atoms with Crippen LogP contribution in [0.25, 0.3) is 5.57 Å². The van der Waals surface area contributed by atoms with Gasteiger partial charge in [-0.3, -0.25) is 9.52 Å². The van der Waals surface area contributed by atoms with Gasteiger partial charge in [0.2, 0.25) is 0 Å². The molecule has 0 radical (unpaired) electrons. The largest absolute Gasteiger partial charge is 0.508 e. The van der Waals surface area contributed by atoms with Gasteiger partial charge in [-0.15, -0.1) is 0 Å². The summed E-state index contributed by atoms with van der Waals surface area (Å²) in [7, 11) is -3.87. The van der Waals surface area contributed by atoms with Gasteiger partial charge in [0.05, 0.1) is 10.6 Å². The van der Waals surface area contributed by atoms with Crippen molar-refractivity contribution in [3.05, 3.63) is 83.2 Å². The summed E-state index contributed by atoms with van der Waals surface area (Å²) < 4.78 is 30.5. The molecule has 0 spiro atoms. The first-order chi connectivity index (χ1) is 16.4. The number of nitrogens with zero attached hydrogens (tertiary/aromatic N) is 1. The summed E-state index contributed by atoms with van der Waals surface area (Å²) >= 11 is 0. The third-order valence-corrected chi connectivity index (χ3v) is 7.90. The Morgan fingerprint density at radius 3 is 2.43 bits per heavy atom. The maximum absolute atomic E-state index is 13.0. The lowest BCUT2D eigenvalue weighted by Crippen LogP contribution is -2.24. The van der Waals surface area contributed by atoms with Crippen molar-refractivity contribution < 1.29 is 23.4 Å². The maximum atomic E-state index is 13.0. The van der Waals surface area contributed by atoms with Crippen LogP contribution in [0.3, 0.4) is 0 Å². The molecular weight excluding hydrogens is 464 g/mol. The number of fused-ring (bicyclic) bond motifs is 1. The molecular formula is C27H30N2O5S. The monoisotopic (exact) mass is 494 g/mol. The fourth-order valence-corrected chi connectivity index (χ4v) is 6.10. The quantitative estimate of drug-likeness (QED) is 0.430. The van der Waals surface area contributed by atoms with Crippen molar-refractivity contribution >= 4 is 27.3 Å². The second-order valence-electron chi connectivity index (χ2n) is 9.92. The number of aliphatic carboxylic acids is 1. The summed E-state index contributed by atoms with van der Waals surface area (Å²) in [5, 5.41) is 19.0. The molecule has 0 fully saturated rings. The highest BCUT2D eigenvalue weighted by atomic mass is 32.2. The number of allylic oxidation sites excluding steroid dienone is 1. The van der Waals surface area contributed by atoms with E-state index < -0.39 is 16.0 Å². The molecule has 0 saturated carbocycles. The van der Waals surface area contributed by atoms with Gasteiger partial charge in [0.15, 0.2) is 0 Å². The fraction of sp³-hybridized carbons (Fsp3) is 0.296. The highest BCUT2D eigenvalue weighted by Gasteiger charge is 2.34. The molecule has 7 nitrogen and oxygen atoms in total. The van der Waals surface area contributed by atoms with Gasteiger partial charge in [-0.1, -0.05) is 38.6 Å². The molecule has 0 bridgehead atoms. The molecule has 0 unspecified atom stereocenters. The van der Waals surface area contributed by atoms with Gasteiger partial charge in [0.25, 0.3) is 10.0 Å². The lowest BCUT2D eigenvalue weighted by atomic mass is 9.73. The summed E-state index contributed by atoms with van der Waals surface area (Å²) in [5.41, 5.74) is 5.96. The molecule has 1 aromatic heterocycles. The molecule has 35 heavy (non-hydrogen) atoms. The standard InChI is InChI=1S/C27H30N2O5S/c1-17-14-27(3,4)15-24-26(17)22(18(2)29(24)16-25(31)32)13-19-7-5-6-8-23(19)28-35(33,34)21-11-9-20(30)10-12-21/h5-12,28,30H,1,13-16H2,2-4H3,(H,31,32). The van der Waals surface area contributed by atoms with Crippen LogP contribution in [0.2, 0.25) is 0 Å². The van der Waals surface area contributed by atoms with Crippen LogP contribution in [-0.2, 0) is 34.2 Å². The van der Waals surface area contributed by atoms with Gasteiger partial charge in [-0.25, -0.2) is 8.42 Å². The summed E-state index contributed by atoms with van der Waals surface area (Å²) in [4.78, 5) is 11.7. The molecule has 1 heterocycles. The highest BCUT2D eigenvalue weighted by molar-refractivity contribution is 7.92. The van der Waals surface area contributed by atoms with Crippen molar-refractivity contribution in [1.29, 1.82) is 0 Å². The van der Waals surface area contributed by atoms with E-state index >= 15 is 0 Å². The van der Waals surface area contributed by atoms with Crippen LogP contribution >= 0.6 is 0 Å². The normalized spacial score (nSPS) is 15.0. The number of phenols is 1. The van der Waals surface area contributed by atoms with Crippen molar-refractivity contribution in [2.24, 2.45) is 5.41 Å². The lowest BCUT2D eigenvalue weighted by molar-refractivity contribution is -0.137. The molecule has 3 N–H and O–H groups in total. The minimum Gasteiger partial charge on any atom is -0.508 e. The number of carboxylic acids is 1. The Bertz CT molecular complexity index is 1420. The summed E-state index contributed by atoms with van der Waals surface area (Å²) in [6.07, 6.45) is 1.97. The first-order valence-corrected chi connectivity index (χ1v) is 12.9. The average molecular weight is 495 g/mol. The zero-order chi connectivity index (χ0) is 25.5. The first kappa shape index (κ1) is 24.6. The molecule has 2 aromatic carbocycles. The second-order valence-corrected chi connectivity index (χ2v) is 11.6. The lowest BCUT2D eigenvalue weighted by Gasteiger charge is -2.32. The molecule has 1 aliphatic carbocycles. The molecule has 0 atom stereocenters. The molecule has 0 saturated heterocycles. The first-order valence-electron chi connectivity index (χ1n) is 11.4. The average Bonchev–Trinajstić information content (AvgIpc) is 2.99. The Balaban J connectivity index is 1.76. The van der Waals surface area contributed by atoms with E-state index in [1.165, 1.54) is 24.3 Å². The summed E-state index contributed by atoms with van der Waals surface area (Å²) in [6, 6.07) is 12.5. The number of hydrogen-bond donors (Lipinski definition) is 3. The number of hydrogen-bond acceptors (Lipinski definition) is 4. The van der Waals surface area contributed by atoms with Crippen LogP contribution in [0, 0.1) is 12.3 Å². The van der Waals surface area contributed by atoms with Crippen LogP contribution in [0.15, 0.2) is 60.0 Å². The molecule has 184 valence electrons. The highest BCUT2D eigenvalue weighted by Crippen LogP contribution is 2.45. The second kappa shape index (κ2) is 8.92. The van der Waals surface area contributed by atoms with E-state index in [1.54, 1.807) is 12.1 Å². The van der Waals surface area contributed by atoms with Crippen molar-refractivity contribution in [3.63, 3.8) is 0 Å². The van der Waals surface area contributed by atoms with Gasteiger partial charge in [0, 0.05) is 23.4 Å². The number of nitrogens with one attached hydrogen (secondary N) is 1. The predicted octanol–water partition coefficient (Wildman–Crippen LogP) is 4.96. The van der Waals surface area contributed by atoms with Crippen molar-refractivity contribution in [2.75, 3.05) is 4.72 Å². The third-order valence-electron chi connectivity index (χ3n) is 6.52. The van der Waals surface area contributed by atoms with Gasteiger partial charge in [-0.05, 0) is 72.2 Å². The topological polar surface area (TPSA) is 109 Å². The maximum Gasteiger partial charge on any atom is 0.323 e. The Morgan fingerprint density at radius 2 is 1.77 bits per heavy atom. The number of carbonyl (C=O) groups is 1. The summed E-state index contributed by atoms with van der Waals surface area (Å²) in [5.74, 6) is -0.924. The van der Waals surface area contributed by atoms with Crippen LogP contribution in [-0.4, -0.2) is 29.2 Å². The van der Waals surface area contributed by atoms with E-state index in [0.29, 0.717) is 12.1 Å². The Hall–Kier alpha value is -3.52. The number of anilines is 1. The van der Waals surface area contributed by atoms with Crippen molar-refractivity contribution in [1.82, 2.24) is 4.57 Å². The van der Waals surface area contributed by atoms with E-state index in [0.717, 1.165) is 46.5 Å². The molecule has 0 aliphatic heterocycles. The number of carboxylic acid groups (broad SMARTS) is 1. The number of aromatic nitrogens is 1. The molecule has 8 heteroatoms. The van der Waals surface area contributed by atoms with E-state index in [-0.39, 0.29) is 22.6 Å². The van der Waals surface area contributed by atoms with Crippen LogP contribution in [0.4, 0.5) is 5.69 Å². The Labute approximate surface area is 205 Å². The van der Waals surface area contributed by atoms with Crippen molar-refractivity contribution in [3.8, 4) is 5.75 Å². The van der Waals surface area contributed by atoms with Gasteiger partial charge >= 0.3 is 5.97 Å². The zero-order valence-corrected chi connectivity index (χ0v) is 20.9. The van der Waals surface area contributed by atoms with E-state index in [2.05, 4.69) is 25.1 Å². The summed E-state index contributed by atoms with van der Waals surface area (Å²) in [6.45, 7) is 10.4. The predicted molar refractivity (Wildman–Crippen MR) is 136 cm³/mol. The number of benzene rings is 2. The van der Waals surface area contributed by atoms with Crippen LogP contribution in [0.1, 0.15) is 48.3 Å².